The van der Waals surface area contributed by atoms with Crippen LogP contribution in [0.3, 0.4) is 0 Å². The van der Waals surface area contributed by atoms with Crippen LogP contribution in [-0.2, 0) is 25.4 Å². The van der Waals surface area contributed by atoms with Crippen LogP contribution in [-0.4, -0.2) is 48.5 Å². The molecule has 9 heteroatoms. The third kappa shape index (κ3) is 8.70. The van der Waals surface area contributed by atoms with Gasteiger partial charge in [-0.2, -0.15) is 0 Å². The van der Waals surface area contributed by atoms with Gasteiger partial charge in [0, 0.05) is 12.1 Å². The topological polar surface area (TPSA) is 116 Å². The van der Waals surface area contributed by atoms with Crippen LogP contribution < -0.4 is 10.6 Å². The maximum absolute atomic E-state index is 11.9. The fraction of sp³-hybridized carbons (Fsp3) is 0.444. The van der Waals surface area contributed by atoms with Crippen molar-refractivity contribution in [2.24, 2.45) is 0 Å². The first-order valence-corrected chi connectivity index (χ1v) is 8.21. The molecule has 148 valence electrons. The molecule has 1 heterocycles. The minimum atomic E-state index is -0.964. The van der Waals surface area contributed by atoms with Gasteiger partial charge in [-0.1, -0.05) is 12.7 Å². The molecule has 1 aromatic heterocycles. The summed E-state index contributed by atoms with van der Waals surface area (Å²) in [7, 11) is 1.22. The highest BCUT2D eigenvalue weighted by atomic mass is 16.6. The third-order valence-electron chi connectivity index (χ3n) is 2.99. The Balaban J connectivity index is 2.72. The molecule has 0 aliphatic rings. The summed E-state index contributed by atoms with van der Waals surface area (Å²) in [5.74, 6) is -0.627. The number of ether oxygens (including phenoxy) is 3. The van der Waals surface area contributed by atoms with E-state index >= 15 is 0 Å². The van der Waals surface area contributed by atoms with Crippen LogP contribution in [0.5, 0.6) is 0 Å². The number of amides is 2. The number of aromatic nitrogens is 1. The Kier molecular flexibility index (Phi) is 8.25. The zero-order valence-electron chi connectivity index (χ0n) is 15.9. The molecule has 0 aliphatic heterocycles. The monoisotopic (exact) mass is 379 g/mol. The van der Waals surface area contributed by atoms with E-state index in [2.05, 4.69) is 22.2 Å². The van der Waals surface area contributed by atoms with Crippen LogP contribution >= 0.6 is 0 Å². The molecule has 0 spiro atoms. The Bertz CT molecular complexity index is 667. The number of alkyl carbamates (subject to hydrolysis) is 1. The van der Waals surface area contributed by atoms with Crippen molar-refractivity contribution >= 4 is 23.8 Å². The molecule has 1 aromatic rings. The number of carbonyl (C=O) groups excluding carboxylic acids is 3. The van der Waals surface area contributed by atoms with Crippen LogP contribution in [0.1, 0.15) is 26.5 Å². The lowest BCUT2D eigenvalue weighted by atomic mass is 10.1. The Labute approximate surface area is 158 Å². The summed E-state index contributed by atoms with van der Waals surface area (Å²) in [6.07, 6.45) is 1.58. The zero-order valence-corrected chi connectivity index (χ0v) is 15.9. The van der Waals surface area contributed by atoms with Crippen molar-refractivity contribution in [1.82, 2.24) is 10.3 Å². The summed E-state index contributed by atoms with van der Waals surface area (Å²) in [6.45, 7) is 8.68. The predicted octanol–water partition coefficient (Wildman–Crippen LogP) is 2.42. The lowest BCUT2D eigenvalue weighted by Crippen LogP contribution is -2.45. The van der Waals surface area contributed by atoms with Gasteiger partial charge in [0.05, 0.1) is 19.0 Å². The highest BCUT2D eigenvalue weighted by molar-refractivity contribution is 5.84. The third-order valence-corrected chi connectivity index (χ3v) is 2.99. The van der Waals surface area contributed by atoms with Crippen molar-refractivity contribution in [3.63, 3.8) is 0 Å². The largest absolute Gasteiger partial charge is 0.467 e. The summed E-state index contributed by atoms with van der Waals surface area (Å²) in [4.78, 5) is 39.5. The molecule has 0 aliphatic carbocycles. The van der Waals surface area contributed by atoms with Gasteiger partial charge in [0.1, 0.15) is 18.2 Å². The van der Waals surface area contributed by atoms with Gasteiger partial charge in [-0.05, 0) is 32.9 Å². The molecule has 0 fully saturated rings. The van der Waals surface area contributed by atoms with Crippen molar-refractivity contribution in [3.8, 4) is 0 Å². The maximum Gasteiger partial charge on any atom is 0.411 e. The normalized spacial score (nSPS) is 11.7. The summed E-state index contributed by atoms with van der Waals surface area (Å²) >= 11 is 0. The quantitative estimate of drug-likeness (QED) is 0.424. The fourth-order valence-electron chi connectivity index (χ4n) is 1.90. The number of nitrogens with one attached hydrogen (secondary N) is 2. The minimum absolute atomic E-state index is 0.0904. The van der Waals surface area contributed by atoms with Crippen LogP contribution in [0, 0.1) is 0 Å². The van der Waals surface area contributed by atoms with E-state index in [-0.39, 0.29) is 13.0 Å². The standard InChI is InChI=1S/C18H25N3O6/c1-6-9-26-16(23)20-13-8-7-12(19-11-13)10-14(15(22)25-5)21-17(24)27-18(2,3)4/h6-8,11,14H,1,9-10H2,2-5H3,(H,20,23)(H,21,24)/t14-/m1/s1. The van der Waals surface area contributed by atoms with Crippen molar-refractivity contribution in [2.75, 3.05) is 19.0 Å². The van der Waals surface area contributed by atoms with Crippen LogP contribution in [0.2, 0.25) is 0 Å². The average molecular weight is 379 g/mol. The number of hydrogen-bond acceptors (Lipinski definition) is 7. The van der Waals surface area contributed by atoms with Crippen LogP contribution in [0.15, 0.2) is 31.0 Å². The van der Waals surface area contributed by atoms with Crippen molar-refractivity contribution < 1.29 is 28.6 Å². The number of carbonyl (C=O) groups is 3. The number of nitrogens with zero attached hydrogens (tertiary/aromatic N) is 1. The summed E-state index contributed by atoms with van der Waals surface area (Å²) in [6, 6.07) is 2.24. The second-order valence-electron chi connectivity index (χ2n) is 6.48. The Morgan fingerprint density at radius 1 is 1.26 bits per heavy atom. The summed E-state index contributed by atoms with van der Waals surface area (Å²) in [5.41, 5.74) is 0.227. The van der Waals surface area contributed by atoms with E-state index in [9.17, 15) is 14.4 Å². The van der Waals surface area contributed by atoms with Gasteiger partial charge < -0.3 is 19.5 Å². The lowest BCUT2D eigenvalue weighted by Gasteiger charge is -2.22. The van der Waals surface area contributed by atoms with Crippen molar-refractivity contribution in [3.05, 3.63) is 36.7 Å². The molecule has 27 heavy (non-hydrogen) atoms. The second-order valence-corrected chi connectivity index (χ2v) is 6.48. The van der Waals surface area contributed by atoms with Crippen molar-refractivity contribution in [2.45, 2.75) is 38.8 Å². The minimum Gasteiger partial charge on any atom is -0.467 e. The van der Waals surface area contributed by atoms with E-state index in [1.54, 1.807) is 32.9 Å². The van der Waals surface area contributed by atoms with E-state index in [4.69, 9.17) is 14.2 Å². The molecule has 0 unspecified atom stereocenters. The van der Waals surface area contributed by atoms with Gasteiger partial charge in [0.25, 0.3) is 0 Å². The van der Waals surface area contributed by atoms with E-state index in [0.29, 0.717) is 11.4 Å². The maximum atomic E-state index is 11.9. The van der Waals surface area contributed by atoms with Crippen LogP contribution in [0.4, 0.5) is 15.3 Å². The van der Waals surface area contributed by atoms with Gasteiger partial charge in [-0.25, -0.2) is 14.4 Å². The number of esters is 1. The SMILES string of the molecule is C=CCOC(=O)Nc1ccc(C[C@@H](NC(=O)OC(C)(C)C)C(=O)OC)nc1. The molecular formula is C18H25N3O6. The number of anilines is 1. The van der Waals surface area contributed by atoms with Gasteiger partial charge in [0.15, 0.2) is 0 Å². The number of methoxy groups -OCH3 is 1. The molecular weight excluding hydrogens is 354 g/mol. The van der Waals surface area contributed by atoms with Gasteiger partial charge in [0.2, 0.25) is 0 Å². The molecule has 0 saturated carbocycles. The molecule has 1 atom stereocenters. The molecule has 2 N–H and O–H groups in total. The molecule has 0 aromatic carbocycles. The van der Waals surface area contributed by atoms with Gasteiger partial charge >= 0.3 is 18.2 Å². The van der Waals surface area contributed by atoms with Gasteiger partial charge in [-0.15, -0.1) is 0 Å². The highest BCUT2D eigenvalue weighted by Gasteiger charge is 2.25. The molecule has 0 radical (unpaired) electrons. The second kappa shape index (κ2) is 10.1. The number of rotatable bonds is 7. The molecule has 0 bridgehead atoms. The Hall–Kier alpha value is -3.10. The van der Waals surface area contributed by atoms with Gasteiger partial charge in [-0.3, -0.25) is 10.3 Å². The molecule has 0 saturated heterocycles. The number of pyridine rings is 1. The summed E-state index contributed by atoms with van der Waals surface area (Å²) < 4.78 is 14.7. The highest BCUT2D eigenvalue weighted by Crippen LogP contribution is 2.11. The zero-order chi connectivity index (χ0) is 20.4. The predicted molar refractivity (Wildman–Crippen MR) is 98.3 cm³/mol. The fourth-order valence-corrected chi connectivity index (χ4v) is 1.90. The first kappa shape index (κ1) is 21.9. The molecule has 1 rings (SSSR count). The van der Waals surface area contributed by atoms with Crippen molar-refractivity contribution in [1.29, 1.82) is 0 Å². The average Bonchev–Trinajstić information content (AvgIpc) is 2.58. The first-order valence-electron chi connectivity index (χ1n) is 8.21. The molecule has 9 nitrogen and oxygen atoms in total. The van der Waals surface area contributed by atoms with E-state index in [1.807, 2.05) is 0 Å². The van der Waals surface area contributed by atoms with E-state index < -0.39 is 29.8 Å². The number of hydrogen-bond donors (Lipinski definition) is 2. The van der Waals surface area contributed by atoms with E-state index in [1.165, 1.54) is 19.4 Å². The Morgan fingerprint density at radius 2 is 1.96 bits per heavy atom. The first-order chi connectivity index (χ1) is 12.6. The smallest absolute Gasteiger partial charge is 0.411 e. The molecule has 2 amide bonds. The Morgan fingerprint density at radius 3 is 2.48 bits per heavy atom. The van der Waals surface area contributed by atoms with E-state index in [0.717, 1.165) is 0 Å². The summed E-state index contributed by atoms with van der Waals surface area (Å²) in [5, 5.41) is 4.96. The lowest BCUT2D eigenvalue weighted by molar-refractivity contribution is -0.143. The van der Waals surface area contributed by atoms with Crippen LogP contribution in [0.25, 0.3) is 0 Å².